The Balaban J connectivity index is 1.01. The average Bonchev–Trinajstić information content (AvgIpc) is 3.76. The van der Waals surface area contributed by atoms with Gasteiger partial charge in [0.2, 0.25) is 5.91 Å². The third kappa shape index (κ3) is 8.31. The molecule has 2 saturated heterocycles. The van der Waals surface area contributed by atoms with E-state index in [9.17, 15) is 14.4 Å². The Kier molecular flexibility index (Phi) is 11.2. The molecule has 3 aliphatic heterocycles. The van der Waals surface area contributed by atoms with Gasteiger partial charge < -0.3 is 16.0 Å². The van der Waals surface area contributed by atoms with Crippen molar-refractivity contribution in [3.8, 4) is 11.1 Å². The van der Waals surface area contributed by atoms with Crippen molar-refractivity contribution in [1.29, 1.82) is 0 Å². The van der Waals surface area contributed by atoms with Gasteiger partial charge in [-0.2, -0.15) is 5.11 Å². The normalized spacial score (nSPS) is 24.8. The van der Waals surface area contributed by atoms with Crippen LogP contribution in [0, 0.1) is 30.6 Å². The standard InChI is InChI=1S/C43H52N6O3/c1-27-19-34(40(50)23-30-21-37-16-17-38(22-30)49(37)2)13-18-39(27)31-7-3-28(4-8-31)20-35(24-41(51)32-9-5-29(25-44)6-10-32)43(52)47-36-14-11-33(12-15-36)42-45-26-46-48-42/h3-4,7-8,11-15,18-19,29-30,32,35,37-38H,5-6,9-10,16-17,20-26,44H2,1-2H3,(H,47,52)/t29?,30?,32?,35-,37?,38?/m1/s1. The third-order valence-corrected chi connectivity index (χ3v) is 12.3. The zero-order chi connectivity index (χ0) is 36.2. The first kappa shape index (κ1) is 36.0. The second-order valence-corrected chi connectivity index (χ2v) is 15.7. The minimum absolute atomic E-state index is 0.0153. The topological polar surface area (TPSA) is 130 Å². The molecule has 3 aromatic rings. The van der Waals surface area contributed by atoms with Crippen LogP contribution in [0.4, 0.5) is 5.69 Å². The van der Waals surface area contributed by atoms with E-state index in [1.54, 1.807) is 0 Å². The molecular weight excluding hydrogens is 649 g/mol. The Morgan fingerprint density at radius 1 is 0.865 bits per heavy atom. The fraction of sp³-hybridized carbons (Fsp3) is 0.488. The van der Waals surface area contributed by atoms with Crippen LogP contribution >= 0.6 is 0 Å². The lowest BCUT2D eigenvalue weighted by molar-refractivity contribution is -0.129. The summed E-state index contributed by atoms with van der Waals surface area (Å²) < 4.78 is 0. The van der Waals surface area contributed by atoms with Crippen molar-refractivity contribution in [1.82, 2.24) is 4.90 Å². The number of piperidine rings is 1. The zero-order valence-electron chi connectivity index (χ0n) is 30.6. The first-order valence-corrected chi connectivity index (χ1v) is 19.2. The Bertz CT molecular complexity index is 1810. The lowest BCUT2D eigenvalue weighted by Gasteiger charge is -2.36. The lowest BCUT2D eigenvalue weighted by atomic mass is 9.77. The van der Waals surface area contributed by atoms with E-state index in [1.807, 2.05) is 36.4 Å². The molecule has 3 fully saturated rings. The molecular formula is C43H52N6O3. The lowest BCUT2D eigenvalue weighted by Crippen LogP contribution is -2.40. The van der Waals surface area contributed by atoms with Crippen LogP contribution in [-0.2, 0) is 16.0 Å². The van der Waals surface area contributed by atoms with Crippen molar-refractivity contribution >= 4 is 29.0 Å². The van der Waals surface area contributed by atoms with Crippen LogP contribution in [0.25, 0.3) is 11.1 Å². The number of nitrogens with one attached hydrogen (secondary N) is 1. The van der Waals surface area contributed by atoms with Crippen molar-refractivity contribution in [2.24, 2.45) is 44.6 Å². The van der Waals surface area contributed by atoms with Gasteiger partial charge in [-0.25, -0.2) is 4.99 Å². The van der Waals surface area contributed by atoms with Gasteiger partial charge in [-0.3, -0.25) is 14.4 Å². The number of azo groups is 1. The van der Waals surface area contributed by atoms with Crippen LogP contribution < -0.4 is 11.1 Å². The van der Waals surface area contributed by atoms with Gasteiger partial charge in [0.05, 0.1) is 0 Å². The van der Waals surface area contributed by atoms with Gasteiger partial charge in [-0.1, -0.05) is 36.4 Å². The largest absolute Gasteiger partial charge is 0.330 e. The minimum Gasteiger partial charge on any atom is -0.330 e. The van der Waals surface area contributed by atoms with Gasteiger partial charge in [-0.15, -0.1) is 5.11 Å². The number of carbonyl (C=O) groups excluding carboxylic acids is 3. The van der Waals surface area contributed by atoms with Gasteiger partial charge in [0.25, 0.3) is 0 Å². The fourth-order valence-corrected chi connectivity index (χ4v) is 9.05. The van der Waals surface area contributed by atoms with E-state index in [4.69, 9.17) is 5.73 Å². The number of amides is 1. The number of ketones is 2. The molecule has 1 saturated carbocycles. The molecule has 2 unspecified atom stereocenters. The van der Waals surface area contributed by atoms with E-state index in [1.165, 1.54) is 12.8 Å². The van der Waals surface area contributed by atoms with E-state index >= 15 is 0 Å². The summed E-state index contributed by atoms with van der Waals surface area (Å²) in [4.78, 5) is 47.5. The highest BCUT2D eigenvalue weighted by molar-refractivity contribution is 6.01. The molecule has 9 heteroatoms. The number of benzene rings is 3. The highest BCUT2D eigenvalue weighted by Gasteiger charge is 2.39. The Morgan fingerprint density at radius 3 is 2.19 bits per heavy atom. The quantitative estimate of drug-likeness (QED) is 0.176. The molecule has 1 amide bonds. The zero-order valence-corrected chi connectivity index (χ0v) is 30.6. The first-order chi connectivity index (χ1) is 25.2. The number of aryl methyl sites for hydroxylation is 1. The molecule has 9 nitrogen and oxygen atoms in total. The summed E-state index contributed by atoms with van der Waals surface area (Å²) in [6.07, 6.45) is 9.71. The molecule has 272 valence electrons. The van der Waals surface area contributed by atoms with Gasteiger partial charge in [-0.05, 0) is 143 Å². The number of nitrogens with two attached hydrogens (primary N) is 1. The molecule has 3 N–H and O–H groups in total. The average molecular weight is 701 g/mol. The summed E-state index contributed by atoms with van der Waals surface area (Å²) in [7, 11) is 2.24. The molecule has 0 radical (unpaired) electrons. The number of carbonyl (C=O) groups is 3. The number of fused-ring (bicyclic) bond motifs is 2. The number of hydrogen-bond donors (Lipinski definition) is 2. The predicted molar refractivity (Wildman–Crippen MR) is 206 cm³/mol. The number of amidine groups is 1. The van der Waals surface area contributed by atoms with Crippen LogP contribution in [0.5, 0.6) is 0 Å². The van der Waals surface area contributed by atoms with Gasteiger partial charge in [0.1, 0.15) is 5.78 Å². The number of aliphatic imine (C=N–C) groups is 1. The highest BCUT2D eigenvalue weighted by atomic mass is 16.2. The number of anilines is 1. The van der Waals surface area contributed by atoms with Crippen molar-refractivity contribution < 1.29 is 14.4 Å². The second-order valence-electron chi connectivity index (χ2n) is 15.7. The van der Waals surface area contributed by atoms with Crippen molar-refractivity contribution in [3.63, 3.8) is 0 Å². The van der Waals surface area contributed by atoms with Crippen molar-refractivity contribution in [2.45, 2.75) is 89.6 Å². The summed E-state index contributed by atoms with van der Waals surface area (Å²) in [5.74, 6) is 1.28. The van der Waals surface area contributed by atoms with Gasteiger partial charge >= 0.3 is 0 Å². The Hall–Kier alpha value is -4.34. The van der Waals surface area contributed by atoms with Crippen LogP contribution in [0.1, 0.15) is 91.3 Å². The summed E-state index contributed by atoms with van der Waals surface area (Å²) in [6, 6.07) is 23.1. The summed E-state index contributed by atoms with van der Waals surface area (Å²) >= 11 is 0. The molecule has 1 aliphatic carbocycles. The van der Waals surface area contributed by atoms with Crippen molar-refractivity contribution in [2.75, 3.05) is 25.6 Å². The Labute approximate surface area is 307 Å². The maximum Gasteiger partial charge on any atom is 0.228 e. The smallest absolute Gasteiger partial charge is 0.228 e. The summed E-state index contributed by atoms with van der Waals surface area (Å²) in [6.45, 7) is 3.07. The summed E-state index contributed by atoms with van der Waals surface area (Å²) in [5.41, 5.74) is 12.4. The first-order valence-electron chi connectivity index (χ1n) is 19.2. The molecule has 0 aromatic heterocycles. The number of Topliss-reactive ketones (excluding diaryl/α,β-unsaturated/α-hetero) is 2. The maximum absolute atomic E-state index is 13.8. The van der Waals surface area contributed by atoms with Crippen LogP contribution in [0.2, 0.25) is 0 Å². The number of nitrogens with zero attached hydrogens (tertiary/aromatic N) is 4. The molecule has 2 bridgehead atoms. The number of rotatable bonds is 13. The molecule has 0 spiro atoms. The molecule has 3 atom stereocenters. The number of hydrogen-bond acceptors (Lipinski definition) is 8. The van der Waals surface area contributed by atoms with E-state index in [0.29, 0.717) is 61.5 Å². The SMILES string of the molecule is Cc1cc(C(=O)CC2CC3CCC(C2)N3C)ccc1-c1ccc(C[C@H](CC(=O)C2CCC(CN)CC2)C(=O)Nc2ccc(C3=NCN=N3)cc2)cc1. The van der Waals surface area contributed by atoms with Gasteiger partial charge in [0.15, 0.2) is 18.3 Å². The monoisotopic (exact) mass is 700 g/mol. The van der Waals surface area contributed by atoms with E-state index in [0.717, 1.165) is 71.9 Å². The van der Waals surface area contributed by atoms with Crippen molar-refractivity contribution in [3.05, 3.63) is 89.0 Å². The third-order valence-electron chi connectivity index (χ3n) is 12.3. The molecule has 3 aromatic carbocycles. The predicted octanol–water partition coefficient (Wildman–Crippen LogP) is 7.80. The second kappa shape index (κ2) is 16.1. The van der Waals surface area contributed by atoms with E-state index in [2.05, 4.69) is 69.7 Å². The highest BCUT2D eigenvalue weighted by Crippen LogP contribution is 2.39. The van der Waals surface area contributed by atoms with Crippen LogP contribution in [0.3, 0.4) is 0 Å². The van der Waals surface area contributed by atoms with E-state index < -0.39 is 5.92 Å². The molecule has 4 aliphatic rings. The van der Waals surface area contributed by atoms with Gasteiger partial charge in [0, 0.05) is 53.6 Å². The van der Waals surface area contributed by atoms with Crippen LogP contribution in [0.15, 0.2) is 82.0 Å². The fourth-order valence-electron chi connectivity index (χ4n) is 9.05. The van der Waals surface area contributed by atoms with Crippen LogP contribution in [-0.4, -0.2) is 60.6 Å². The molecule has 7 rings (SSSR count). The summed E-state index contributed by atoms with van der Waals surface area (Å²) in [5, 5.41) is 11.0. The molecule has 3 heterocycles. The maximum atomic E-state index is 13.8. The minimum atomic E-state index is -0.509. The van der Waals surface area contributed by atoms with E-state index in [-0.39, 0.29) is 29.8 Å². The molecule has 52 heavy (non-hydrogen) atoms. The Morgan fingerprint density at radius 2 is 1.56 bits per heavy atom.